The van der Waals surface area contributed by atoms with E-state index >= 15 is 0 Å². The first-order chi connectivity index (χ1) is 8.50. The Bertz CT molecular complexity index is 573. The van der Waals surface area contributed by atoms with Crippen LogP contribution < -0.4 is 4.72 Å². The summed E-state index contributed by atoms with van der Waals surface area (Å²) >= 11 is 0. The van der Waals surface area contributed by atoms with Gasteiger partial charge in [0.15, 0.2) is 0 Å². The molecule has 1 heterocycles. The van der Waals surface area contributed by atoms with E-state index in [1.54, 1.807) is 19.1 Å². The summed E-state index contributed by atoms with van der Waals surface area (Å²) in [5.41, 5.74) is 2.18. The summed E-state index contributed by atoms with van der Waals surface area (Å²) in [5, 5.41) is 0. The molecule has 3 nitrogen and oxygen atoms in total. The summed E-state index contributed by atoms with van der Waals surface area (Å²) in [5.74, 6) is 0. The molecule has 0 aromatic carbocycles. The largest absolute Gasteiger partial charge is 0.279 e. The van der Waals surface area contributed by atoms with Crippen molar-refractivity contribution in [2.75, 3.05) is 0 Å². The van der Waals surface area contributed by atoms with Gasteiger partial charge in [-0.15, -0.1) is 0 Å². The molecule has 0 spiro atoms. The fourth-order valence-corrected chi connectivity index (χ4v) is 3.20. The van der Waals surface area contributed by atoms with Crippen LogP contribution in [0.2, 0.25) is 0 Å². The Hall–Kier alpha value is -1.55. The summed E-state index contributed by atoms with van der Waals surface area (Å²) in [7, 11) is -3.46. The molecular formula is C14H19NO2S. The highest BCUT2D eigenvalue weighted by molar-refractivity contribution is 7.93. The zero-order valence-corrected chi connectivity index (χ0v) is 12.0. The lowest BCUT2D eigenvalue weighted by atomic mass is 10.1. The number of sulfonamides is 1. The van der Waals surface area contributed by atoms with Crippen molar-refractivity contribution in [2.45, 2.75) is 27.7 Å². The topological polar surface area (TPSA) is 46.2 Å². The molecule has 0 aliphatic carbocycles. The van der Waals surface area contributed by atoms with Gasteiger partial charge in [-0.1, -0.05) is 30.4 Å². The molecule has 1 N–H and O–H groups in total. The molecule has 0 radical (unpaired) electrons. The van der Waals surface area contributed by atoms with Gasteiger partial charge in [0.2, 0.25) is 0 Å². The molecule has 0 saturated heterocycles. The second-order valence-electron chi connectivity index (χ2n) is 3.80. The van der Waals surface area contributed by atoms with Gasteiger partial charge in [0, 0.05) is 0 Å². The van der Waals surface area contributed by atoms with Crippen molar-refractivity contribution in [1.82, 2.24) is 4.72 Å². The van der Waals surface area contributed by atoms with Crippen LogP contribution in [0.4, 0.5) is 0 Å². The first kappa shape index (κ1) is 14.5. The van der Waals surface area contributed by atoms with Crippen LogP contribution in [0, 0.1) is 0 Å². The van der Waals surface area contributed by atoms with Crippen LogP contribution >= 0.6 is 0 Å². The number of hydrogen-bond donors (Lipinski definition) is 1. The lowest BCUT2D eigenvalue weighted by molar-refractivity contribution is 0.595. The minimum absolute atomic E-state index is 0.324. The van der Waals surface area contributed by atoms with E-state index in [2.05, 4.69) is 4.72 Å². The van der Waals surface area contributed by atoms with Gasteiger partial charge in [-0.3, -0.25) is 4.72 Å². The SMILES string of the molecule is C/C=C\C(=C/C)C1=CC(=C/C)/C(=C\C)S(=O)(=O)N1. The van der Waals surface area contributed by atoms with Crippen molar-refractivity contribution in [2.24, 2.45) is 0 Å². The van der Waals surface area contributed by atoms with E-state index in [-0.39, 0.29) is 0 Å². The fraction of sp³-hybridized carbons (Fsp3) is 0.286. The van der Waals surface area contributed by atoms with E-state index in [0.717, 1.165) is 11.1 Å². The Kier molecular flexibility index (Phi) is 4.73. The first-order valence-electron chi connectivity index (χ1n) is 5.87. The van der Waals surface area contributed by atoms with Gasteiger partial charge in [0.25, 0.3) is 10.0 Å². The molecule has 1 rings (SSSR count). The summed E-state index contributed by atoms with van der Waals surface area (Å²) in [6.45, 7) is 7.33. The van der Waals surface area contributed by atoms with Gasteiger partial charge < -0.3 is 0 Å². The number of allylic oxidation sites excluding steroid dienone is 7. The Balaban J connectivity index is 3.40. The van der Waals surface area contributed by atoms with Crippen LogP contribution in [-0.2, 0) is 10.0 Å². The molecule has 0 aromatic heterocycles. The predicted molar refractivity (Wildman–Crippen MR) is 76.2 cm³/mol. The quantitative estimate of drug-likeness (QED) is 0.779. The maximum Gasteiger partial charge on any atom is 0.262 e. The van der Waals surface area contributed by atoms with E-state index in [0.29, 0.717) is 10.6 Å². The number of rotatable bonds is 2. The molecule has 0 amide bonds. The van der Waals surface area contributed by atoms with Crippen LogP contribution in [0.1, 0.15) is 27.7 Å². The van der Waals surface area contributed by atoms with Gasteiger partial charge in [-0.2, -0.15) is 0 Å². The van der Waals surface area contributed by atoms with Crippen LogP contribution in [0.3, 0.4) is 0 Å². The highest BCUT2D eigenvalue weighted by Crippen LogP contribution is 2.27. The summed E-state index contributed by atoms with van der Waals surface area (Å²) in [4.78, 5) is 0.324. The Morgan fingerprint density at radius 2 is 1.83 bits per heavy atom. The predicted octanol–water partition coefficient (Wildman–Crippen LogP) is 3.18. The minimum atomic E-state index is -3.46. The summed E-state index contributed by atoms with van der Waals surface area (Å²) in [6, 6.07) is 0. The van der Waals surface area contributed by atoms with E-state index < -0.39 is 10.0 Å². The highest BCUT2D eigenvalue weighted by atomic mass is 32.2. The molecule has 0 atom stereocenters. The molecule has 98 valence electrons. The van der Waals surface area contributed by atoms with E-state index in [9.17, 15) is 8.42 Å². The number of nitrogens with one attached hydrogen (secondary N) is 1. The molecule has 0 saturated carbocycles. The minimum Gasteiger partial charge on any atom is -0.279 e. The van der Waals surface area contributed by atoms with Gasteiger partial charge in [-0.25, -0.2) is 8.42 Å². The van der Waals surface area contributed by atoms with Crippen molar-refractivity contribution >= 4 is 10.0 Å². The van der Waals surface area contributed by atoms with Crippen molar-refractivity contribution < 1.29 is 8.42 Å². The molecule has 4 heteroatoms. The molecule has 0 aromatic rings. The van der Waals surface area contributed by atoms with Crippen LogP contribution in [0.25, 0.3) is 0 Å². The summed E-state index contributed by atoms with van der Waals surface area (Å²) < 4.78 is 26.8. The highest BCUT2D eigenvalue weighted by Gasteiger charge is 2.26. The lowest BCUT2D eigenvalue weighted by Gasteiger charge is -2.21. The molecule has 0 bridgehead atoms. The maximum atomic E-state index is 12.1. The average molecular weight is 265 g/mol. The Labute approximate surface area is 109 Å². The number of hydrogen-bond acceptors (Lipinski definition) is 2. The Morgan fingerprint density at radius 3 is 2.28 bits per heavy atom. The van der Waals surface area contributed by atoms with Crippen molar-refractivity contribution in [3.05, 3.63) is 58.2 Å². The fourth-order valence-electron chi connectivity index (χ4n) is 1.82. The standard InChI is InChI=1S/C14H19NO2S/c1-5-9-11(6-2)13-10-12(7-3)14(8-4)18(16,17)15-13/h5-10,15H,1-4H3/b9-5-,11-6+,12-7-,14-8+. The lowest BCUT2D eigenvalue weighted by Crippen LogP contribution is -2.29. The van der Waals surface area contributed by atoms with Crippen LogP contribution in [0.15, 0.2) is 58.2 Å². The zero-order valence-electron chi connectivity index (χ0n) is 11.2. The molecule has 1 aliphatic heterocycles. The summed E-state index contributed by atoms with van der Waals surface area (Å²) in [6.07, 6.45) is 10.9. The Morgan fingerprint density at radius 1 is 1.17 bits per heavy atom. The molecular weight excluding hydrogens is 246 g/mol. The van der Waals surface area contributed by atoms with Gasteiger partial charge in [0.1, 0.15) is 0 Å². The van der Waals surface area contributed by atoms with Gasteiger partial charge in [0.05, 0.1) is 10.6 Å². The molecule has 0 unspecified atom stereocenters. The van der Waals surface area contributed by atoms with E-state index in [1.807, 2.05) is 45.1 Å². The second-order valence-corrected chi connectivity index (χ2v) is 5.46. The monoisotopic (exact) mass is 265 g/mol. The van der Waals surface area contributed by atoms with Crippen LogP contribution in [-0.4, -0.2) is 8.42 Å². The van der Waals surface area contributed by atoms with Gasteiger partial charge >= 0.3 is 0 Å². The van der Waals surface area contributed by atoms with Crippen molar-refractivity contribution in [3.8, 4) is 0 Å². The normalized spacial score (nSPS) is 24.4. The smallest absolute Gasteiger partial charge is 0.262 e. The second kappa shape index (κ2) is 5.87. The third-order valence-electron chi connectivity index (χ3n) is 2.66. The molecule has 1 aliphatic rings. The zero-order chi connectivity index (χ0) is 13.8. The first-order valence-corrected chi connectivity index (χ1v) is 7.35. The van der Waals surface area contributed by atoms with E-state index in [1.165, 1.54) is 0 Å². The third-order valence-corrected chi connectivity index (χ3v) is 4.20. The third kappa shape index (κ3) is 2.82. The maximum absolute atomic E-state index is 12.1. The van der Waals surface area contributed by atoms with Gasteiger partial charge in [-0.05, 0) is 44.9 Å². The van der Waals surface area contributed by atoms with E-state index in [4.69, 9.17) is 0 Å². The van der Waals surface area contributed by atoms with Crippen molar-refractivity contribution in [1.29, 1.82) is 0 Å². The average Bonchev–Trinajstić information content (AvgIpc) is 2.33. The van der Waals surface area contributed by atoms with Crippen molar-refractivity contribution in [3.63, 3.8) is 0 Å². The molecule has 0 fully saturated rings. The van der Waals surface area contributed by atoms with Crippen LogP contribution in [0.5, 0.6) is 0 Å². The molecule has 18 heavy (non-hydrogen) atoms.